The lowest BCUT2D eigenvalue weighted by Gasteiger charge is -2.07. The molecule has 0 fully saturated rings. The first kappa shape index (κ1) is 13.9. The Hall–Kier alpha value is -1.16. The van der Waals surface area contributed by atoms with Crippen LogP contribution in [0.4, 0.5) is 0 Å². The quantitative estimate of drug-likeness (QED) is 0.702. The molecular weight excluding hydrogens is 243 g/mol. The van der Waals surface area contributed by atoms with E-state index in [1.165, 1.54) is 18.2 Å². The summed E-state index contributed by atoms with van der Waals surface area (Å²) in [6.07, 6.45) is 2.34. The van der Waals surface area contributed by atoms with Gasteiger partial charge in [0.25, 0.3) is 5.52 Å². The fourth-order valence-electron chi connectivity index (χ4n) is 1.45. The van der Waals surface area contributed by atoms with Crippen molar-refractivity contribution in [2.24, 2.45) is 0 Å². The number of benzene rings is 1. The van der Waals surface area contributed by atoms with Crippen molar-refractivity contribution in [1.82, 2.24) is 0 Å². The van der Waals surface area contributed by atoms with Crippen LogP contribution in [0.2, 0.25) is 0 Å². The molecular formula is C11H15O5P. The van der Waals surface area contributed by atoms with Gasteiger partial charge in [-0.05, 0) is 36.6 Å². The van der Waals surface area contributed by atoms with Gasteiger partial charge in [-0.1, -0.05) is 13.3 Å². The van der Waals surface area contributed by atoms with E-state index >= 15 is 0 Å². The molecule has 0 aliphatic rings. The van der Waals surface area contributed by atoms with Crippen molar-refractivity contribution >= 4 is 13.1 Å². The Labute approximate surface area is 99.3 Å². The summed E-state index contributed by atoms with van der Waals surface area (Å²) in [4.78, 5) is 28.9. The van der Waals surface area contributed by atoms with Crippen LogP contribution in [0.5, 0.6) is 5.75 Å². The van der Waals surface area contributed by atoms with Gasteiger partial charge >= 0.3 is 7.60 Å². The van der Waals surface area contributed by atoms with Crippen molar-refractivity contribution in [2.45, 2.75) is 26.2 Å². The number of hydrogen-bond donors (Lipinski definition) is 3. The second-order valence-electron chi connectivity index (χ2n) is 3.80. The van der Waals surface area contributed by atoms with E-state index in [2.05, 4.69) is 0 Å². The zero-order valence-electron chi connectivity index (χ0n) is 9.46. The molecule has 1 rings (SSSR count). The fraction of sp³-hybridized carbons (Fsp3) is 0.364. The molecule has 0 spiro atoms. The zero-order valence-corrected chi connectivity index (χ0v) is 10.4. The smallest absolute Gasteiger partial charge is 0.396 e. The standard InChI is InChI=1S/C11H15O5P/c1-2-3-4-8-7-9(5-6-10(8)12)11(13)17(14,15)16/h5-7,12H,2-4H2,1H3,(H2,14,15,16). The highest BCUT2D eigenvalue weighted by Crippen LogP contribution is 2.39. The average molecular weight is 258 g/mol. The summed E-state index contributed by atoms with van der Waals surface area (Å²) in [6.45, 7) is 1.99. The van der Waals surface area contributed by atoms with Gasteiger partial charge in [0.1, 0.15) is 5.75 Å². The first-order chi connectivity index (χ1) is 7.86. The van der Waals surface area contributed by atoms with Gasteiger partial charge in [-0.25, -0.2) is 0 Å². The summed E-state index contributed by atoms with van der Waals surface area (Å²) < 4.78 is 10.8. The van der Waals surface area contributed by atoms with Crippen molar-refractivity contribution in [2.75, 3.05) is 0 Å². The molecule has 0 atom stereocenters. The molecule has 0 unspecified atom stereocenters. The van der Waals surface area contributed by atoms with E-state index in [1.807, 2.05) is 6.92 Å². The van der Waals surface area contributed by atoms with Crippen molar-refractivity contribution < 1.29 is 24.3 Å². The molecule has 3 N–H and O–H groups in total. The molecule has 94 valence electrons. The summed E-state index contributed by atoms with van der Waals surface area (Å²) in [7, 11) is -4.76. The minimum absolute atomic E-state index is 0.0423. The molecule has 0 heterocycles. The minimum Gasteiger partial charge on any atom is -0.508 e. The highest BCUT2D eigenvalue weighted by atomic mass is 31.2. The first-order valence-corrected chi connectivity index (χ1v) is 6.89. The molecule has 0 saturated carbocycles. The summed E-state index contributed by atoms with van der Waals surface area (Å²) in [5.74, 6) is 0.0423. The van der Waals surface area contributed by atoms with Crippen LogP contribution in [0.15, 0.2) is 18.2 Å². The molecule has 0 saturated heterocycles. The molecule has 0 aromatic heterocycles. The summed E-state index contributed by atoms with van der Waals surface area (Å²) >= 11 is 0. The maximum absolute atomic E-state index is 11.4. The van der Waals surface area contributed by atoms with Gasteiger partial charge in [0, 0.05) is 5.56 Å². The Morgan fingerprint density at radius 3 is 2.53 bits per heavy atom. The van der Waals surface area contributed by atoms with E-state index in [0.717, 1.165) is 12.8 Å². The first-order valence-electron chi connectivity index (χ1n) is 5.28. The molecule has 17 heavy (non-hydrogen) atoms. The van der Waals surface area contributed by atoms with E-state index in [9.17, 15) is 14.5 Å². The van der Waals surface area contributed by atoms with Crippen LogP contribution in [0, 0.1) is 0 Å². The summed E-state index contributed by atoms with van der Waals surface area (Å²) in [6, 6.07) is 3.84. The van der Waals surface area contributed by atoms with Crippen molar-refractivity contribution in [3.8, 4) is 5.75 Å². The van der Waals surface area contributed by atoms with Crippen LogP contribution >= 0.6 is 7.60 Å². The molecule has 0 bridgehead atoms. The largest absolute Gasteiger partial charge is 0.508 e. The monoisotopic (exact) mass is 258 g/mol. The van der Waals surface area contributed by atoms with E-state index in [0.29, 0.717) is 12.0 Å². The minimum atomic E-state index is -4.76. The van der Waals surface area contributed by atoms with E-state index in [4.69, 9.17) is 9.79 Å². The number of unbranched alkanes of at least 4 members (excludes halogenated alkanes) is 1. The number of phenolic OH excluding ortho intramolecular Hbond substituents is 1. The number of rotatable bonds is 5. The van der Waals surface area contributed by atoms with Crippen LogP contribution in [-0.4, -0.2) is 20.4 Å². The van der Waals surface area contributed by atoms with Crippen molar-refractivity contribution in [3.05, 3.63) is 29.3 Å². The Morgan fingerprint density at radius 1 is 1.35 bits per heavy atom. The number of hydrogen-bond acceptors (Lipinski definition) is 3. The van der Waals surface area contributed by atoms with Crippen LogP contribution in [0.25, 0.3) is 0 Å². The normalized spacial score (nSPS) is 11.5. The topological polar surface area (TPSA) is 94.8 Å². The second kappa shape index (κ2) is 5.45. The molecule has 0 aliphatic carbocycles. The Morgan fingerprint density at radius 2 is 2.00 bits per heavy atom. The number of carbonyl (C=O) groups is 1. The number of aromatic hydroxyl groups is 1. The van der Waals surface area contributed by atoms with Crippen molar-refractivity contribution in [1.29, 1.82) is 0 Å². The third-order valence-electron chi connectivity index (χ3n) is 2.39. The van der Waals surface area contributed by atoms with Crippen LogP contribution in [0.1, 0.15) is 35.7 Å². The van der Waals surface area contributed by atoms with Crippen LogP contribution in [-0.2, 0) is 11.0 Å². The molecule has 1 aromatic carbocycles. The van der Waals surface area contributed by atoms with Gasteiger partial charge < -0.3 is 14.9 Å². The van der Waals surface area contributed by atoms with Gasteiger partial charge in [0.15, 0.2) is 0 Å². The maximum Gasteiger partial charge on any atom is 0.396 e. The molecule has 5 nitrogen and oxygen atoms in total. The molecule has 0 aliphatic heterocycles. The third-order valence-corrected chi connectivity index (χ3v) is 3.18. The number of phenols is 1. The van der Waals surface area contributed by atoms with Crippen LogP contribution in [0.3, 0.4) is 0 Å². The molecule has 0 amide bonds. The number of aryl methyl sites for hydroxylation is 1. The van der Waals surface area contributed by atoms with Gasteiger partial charge in [0.05, 0.1) is 0 Å². The number of carbonyl (C=O) groups excluding carboxylic acids is 1. The van der Waals surface area contributed by atoms with Gasteiger partial charge in [-0.15, -0.1) is 0 Å². The Balaban J connectivity index is 3.04. The molecule has 6 heteroatoms. The summed E-state index contributed by atoms with van der Waals surface area (Å²) in [5.41, 5.74) is -0.747. The van der Waals surface area contributed by atoms with Gasteiger partial charge in [-0.2, -0.15) is 0 Å². The Bertz CT molecular complexity index is 463. The average Bonchev–Trinajstić information content (AvgIpc) is 2.26. The SMILES string of the molecule is CCCCc1cc(C(=O)P(=O)(O)O)ccc1O. The Kier molecular flexibility index (Phi) is 4.46. The van der Waals surface area contributed by atoms with Crippen LogP contribution < -0.4 is 0 Å². The van der Waals surface area contributed by atoms with E-state index in [-0.39, 0.29) is 11.3 Å². The van der Waals surface area contributed by atoms with E-state index < -0.39 is 13.1 Å². The highest BCUT2D eigenvalue weighted by Gasteiger charge is 2.27. The predicted molar refractivity (Wildman–Crippen MR) is 63.1 cm³/mol. The lowest BCUT2D eigenvalue weighted by molar-refractivity contribution is 0.104. The second-order valence-corrected chi connectivity index (χ2v) is 5.29. The zero-order chi connectivity index (χ0) is 13.1. The fourth-order valence-corrected chi connectivity index (χ4v) is 1.93. The maximum atomic E-state index is 11.4. The lowest BCUT2D eigenvalue weighted by Crippen LogP contribution is -2.01. The predicted octanol–water partition coefficient (Wildman–Crippen LogP) is 2.05. The summed E-state index contributed by atoms with van der Waals surface area (Å²) in [5, 5.41) is 9.54. The van der Waals surface area contributed by atoms with Gasteiger partial charge in [0.2, 0.25) is 0 Å². The van der Waals surface area contributed by atoms with E-state index in [1.54, 1.807) is 0 Å². The van der Waals surface area contributed by atoms with Gasteiger partial charge in [-0.3, -0.25) is 9.36 Å². The third kappa shape index (κ3) is 3.66. The molecule has 0 radical (unpaired) electrons. The highest BCUT2D eigenvalue weighted by molar-refractivity contribution is 7.70. The van der Waals surface area contributed by atoms with Crippen molar-refractivity contribution in [3.63, 3.8) is 0 Å². The molecule has 1 aromatic rings. The lowest BCUT2D eigenvalue weighted by atomic mass is 10.0.